The molecular weight excluding hydrogens is 430 g/mol. The molecule has 0 aromatic rings. The zero-order chi connectivity index (χ0) is 23.2. The molecule has 0 aromatic carbocycles. The van der Waals surface area contributed by atoms with E-state index in [2.05, 4.69) is 9.89 Å². The van der Waals surface area contributed by atoms with Gasteiger partial charge in [0, 0.05) is 32.7 Å². The quantitative estimate of drug-likeness (QED) is 0.312. The van der Waals surface area contributed by atoms with Crippen molar-refractivity contribution in [2.45, 2.75) is 38.9 Å². The summed E-state index contributed by atoms with van der Waals surface area (Å²) in [5, 5.41) is 0. The molecular formula is C18H33N5O7S. The van der Waals surface area contributed by atoms with Crippen LogP contribution in [0.15, 0.2) is 4.99 Å². The predicted molar refractivity (Wildman–Crippen MR) is 113 cm³/mol. The molecule has 2 saturated heterocycles. The van der Waals surface area contributed by atoms with E-state index in [0.29, 0.717) is 26.2 Å². The molecule has 2 aliphatic rings. The molecule has 2 N–H and O–H groups in total. The highest BCUT2D eigenvalue weighted by molar-refractivity contribution is 7.85. The lowest BCUT2D eigenvalue weighted by atomic mass is 10.2. The van der Waals surface area contributed by atoms with Crippen LogP contribution in [-0.2, 0) is 23.8 Å². The molecule has 0 bridgehead atoms. The van der Waals surface area contributed by atoms with Crippen molar-refractivity contribution in [3.63, 3.8) is 0 Å². The molecule has 1 unspecified atom stereocenters. The van der Waals surface area contributed by atoms with Gasteiger partial charge in [-0.05, 0) is 33.7 Å². The van der Waals surface area contributed by atoms with Crippen LogP contribution in [-0.4, -0.2) is 112 Å². The van der Waals surface area contributed by atoms with Crippen LogP contribution in [0.3, 0.4) is 0 Å². The number of piperazine rings is 1. The Labute approximate surface area is 183 Å². The summed E-state index contributed by atoms with van der Waals surface area (Å²) in [5.74, 6) is 0.149. The third kappa shape index (κ3) is 9.27. The number of carbonyl (C=O) groups excluding carboxylic acids is 2. The molecule has 0 radical (unpaired) electrons. The fourth-order valence-corrected chi connectivity index (χ4v) is 3.58. The molecule has 2 fully saturated rings. The zero-order valence-electron chi connectivity index (χ0n) is 18.6. The van der Waals surface area contributed by atoms with Crippen molar-refractivity contribution in [1.82, 2.24) is 14.7 Å². The van der Waals surface area contributed by atoms with E-state index in [4.69, 9.17) is 19.4 Å². The van der Waals surface area contributed by atoms with E-state index >= 15 is 0 Å². The van der Waals surface area contributed by atoms with Crippen LogP contribution in [0, 0.1) is 0 Å². The van der Waals surface area contributed by atoms with Crippen molar-refractivity contribution in [3.8, 4) is 0 Å². The number of guanidine groups is 1. The summed E-state index contributed by atoms with van der Waals surface area (Å²) >= 11 is 0. The van der Waals surface area contributed by atoms with Crippen LogP contribution in [0.25, 0.3) is 0 Å². The monoisotopic (exact) mass is 463 g/mol. The van der Waals surface area contributed by atoms with Crippen LogP contribution in [0.1, 0.15) is 27.2 Å². The minimum atomic E-state index is -3.57. The summed E-state index contributed by atoms with van der Waals surface area (Å²) in [6.45, 7) is 9.49. The van der Waals surface area contributed by atoms with Gasteiger partial charge in [0.25, 0.3) is 10.1 Å². The maximum atomic E-state index is 11.9. The summed E-state index contributed by atoms with van der Waals surface area (Å²) in [6.07, 6.45) is -0.0460. The van der Waals surface area contributed by atoms with Crippen molar-refractivity contribution < 1.29 is 31.7 Å². The van der Waals surface area contributed by atoms with E-state index in [9.17, 15) is 18.0 Å². The van der Waals surface area contributed by atoms with Gasteiger partial charge in [-0.1, -0.05) is 0 Å². The molecule has 13 heteroatoms. The van der Waals surface area contributed by atoms with Crippen LogP contribution in [0.2, 0.25) is 0 Å². The van der Waals surface area contributed by atoms with Gasteiger partial charge in [-0.25, -0.2) is 9.59 Å². The third-order valence-electron chi connectivity index (χ3n) is 4.62. The van der Waals surface area contributed by atoms with Gasteiger partial charge < -0.3 is 25.0 Å². The van der Waals surface area contributed by atoms with E-state index in [1.165, 1.54) is 0 Å². The van der Waals surface area contributed by atoms with Crippen LogP contribution in [0.5, 0.6) is 0 Å². The highest BCUT2D eigenvalue weighted by atomic mass is 32.2. The number of rotatable bonds is 7. The fourth-order valence-electron chi connectivity index (χ4n) is 3.18. The second-order valence-corrected chi connectivity index (χ2v) is 10.2. The first-order valence-corrected chi connectivity index (χ1v) is 12.0. The molecule has 0 saturated carbocycles. The molecule has 12 nitrogen and oxygen atoms in total. The van der Waals surface area contributed by atoms with Gasteiger partial charge in [0.1, 0.15) is 18.3 Å². The normalized spacial score (nSPS) is 21.4. The van der Waals surface area contributed by atoms with Gasteiger partial charge in [0.2, 0.25) is 5.96 Å². The number of ether oxygens (including phenoxy) is 2. The minimum Gasteiger partial charge on any atom is -0.442 e. The van der Waals surface area contributed by atoms with Crippen LogP contribution in [0.4, 0.5) is 9.59 Å². The number of carbonyl (C=O) groups is 2. The first-order valence-electron chi connectivity index (χ1n) is 10.2. The number of amides is 2. The maximum absolute atomic E-state index is 11.9. The predicted octanol–water partition coefficient (Wildman–Crippen LogP) is 0.0409. The Hall–Kier alpha value is -2.12. The Morgan fingerprint density at radius 1 is 1.23 bits per heavy atom. The van der Waals surface area contributed by atoms with Crippen LogP contribution >= 0.6 is 0 Å². The Bertz CT molecular complexity index is 773. The van der Waals surface area contributed by atoms with E-state index in [-0.39, 0.29) is 12.6 Å². The highest BCUT2D eigenvalue weighted by Crippen LogP contribution is 2.13. The second kappa shape index (κ2) is 10.5. The third-order valence-corrected chi connectivity index (χ3v) is 5.18. The Kier molecular flexibility index (Phi) is 8.49. The SMILES string of the molecule is CC(C)(C)OC(=O)N=C(N)N1CCN(CCCN2CC(COS(C)(=O)=O)OC2=O)CC1. The minimum absolute atomic E-state index is 0.149. The smallest absolute Gasteiger partial charge is 0.437 e. The summed E-state index contributed by atoms with van der Waals surface area (Å²) in [7, 11) is -3.57. The lowest BCUT2D eigenvalue weighted by molar-refractivity contribution is 0.0600. The summed E-state index contributed by atoms with van der Waals surface area (Å²) in [5.41, 5.74) is 5.30. The van der Waals surface area contributed by atoms with Crippen molar-refractivity contribution in [2.24, 2.45) is 10.7 Å². The molecule has 2 aliphatic heterocycles. The molecule has 0 spiro atoms. The number of nitrogens with two attached hydrogens (primary N) is 1. The van der Waals surface area contributed by atoms with E-state index in [1.54, 1.807) is 25.7 Å². The number of cyclic esters (lactones) is 1. The van der Waals surface area contributed by atoms with Crippen molar-refractivity contribution >= 4 is 28.3 Å². The topological polar surface area (TPSA) is 144 Å². The van der Waals surface area contributed by atoms with Gasteiger partial charge in [-0.3, -0.25) is 9.08 Å². The molecule has 2 heterocycles. The first-order chi connectivity index (χ1) is 14.3. The summed E-state index contributed by atoms with van der Waals surface area (Å²) in [6, 6.07) is 0. The lowest BCUT2D eigenvalue weighted by Crippen LogP contribution is -2.51. The number of hydrogen-bond donors (Lipinski definition) is 1. The Morgan fingerprint density at radius 2 is 1.87 bits per heavy atom. The summed E-state index contributed by atoms with van der Waals surface area (Å²) < 4.78 is 37.1. The van der Waals surface area contributed by atoms with E-state index in [0.717, 1.165) is 32.3 Å². The first kappa shape index (κ1) is 25.1. The molecule has 2 amide bonds. The molecule has 31 heavy (non-hydrogen) atoms. The molecule has 2 rings (SSSR count). The Morgan fingerprint density at radius 3 is 2.45 bits per heavy atom. The fraction of sp³-hybridized carbons (Fsp3) is 0.833. The van der Waals surface area contributed by atoms with Gasteiger partial charge in [0.15, 0.2) is 0 Å². The highest BCUT2D eigenvalue weighted by Gasteiger charge is 2.32. The lowest BCUT2D eigenvalue weighted by Gasteiger charge is -2.35. The average molecular weight is 464 g/mol. The van der Waals surface area contributed by atoms with Crippen LogP contribution < -0.4 is 5.73 Å². The zero-order valence-corrected chi connectivity index (χ0v) is 19.4. The maximum Gasteiger partial charge on any atom is 0.437 e. The molecule has 0 aliphatic carbocycles. The van der Waals surface area contributed by atoms with Gasteiger partial charge in [-0.15, -0.1) is 4.99 Å². The Balaban J connectivity index is 1.67. The number of hydrogen-bond acceptors (Lipinski definition) is 8. The van der Waals surface area contributed by atoms with Crippen molar-refractivity contribution in [3.05, 3.63) is 0 Å². The second-order valence-electron chi connectivity index (χ2n) is 8.57. The standard InChI is InChI=1S/C18H33N5O7S/c1-18(2,3)30-16(24)20-15(19)22-10-8-21(9-11-22)6-5-7-23-12-14(29-17(23)25)13-28-31(4,26)27/h14H,5-13H2,1-4H3,(H2,19,20,24). The number of aliphatic imine (C=N–C) groups is 1. The summed E-state index contributed by atoms with van der Waals surface area (Å²) in [4.78, 5) is 33.1. The van der Waals surface area contributed by atoms with E-state index in [1.807, 2.05) is 4.90 Å². The number of nitrogens with zero attached hydrogens (tertiary/aromatic N) is 4. The molecule has 1 atom stereocenters. The van der Waals surface area contributed by atoms with Crippen molar-refractivity contribution in [1.29, 1.82) is 0 Å². The van der Waals surface area contributed by atoms with Gasteiger partial charge in [0.05, 0.1) is 12.8 Å². The van der Waals surface area contributed by atoms with E-state index < -0.39 is 34.0 Å². The average Bonchev–Trinajstić information content (AvgIpc) is 2.98. The largest absolute Gasteiger partial charge is 0.442 e. The van der Waals surface area contributed by atoms with Gasteiger partial charge in [-0.2, -0.15) is 8.42 Å². The molecule has 178 valence electrons. The molecule has 0 aromatic heterocycles. The van der Waals surface area contributed by atoms with Crippen molar-refractivity contribution in [2.75, 3.05) is 58.7 Å². The van der Waals surface area contributed by atoms with Gasteiger partial charge >= 0.3 is 12.2 Å².